The van der Waals surface area contributed by atoms with Crippen molar-refractivity contribution >= 4 is 0 Å². The van der Waals surface area contributed by atoms with Gasteiger partial charge < -0.3 is 14.6 Å². The van der Waals surface area contributed by atoms with Crippen LogP contribution in [-0.4, -0.2) is 32.5 Å². The van der Waals surface area contributed by atoms with Crippen LogP contribution >= 0.6 is 0 Å². The first-order valence-electron chi connectivity index (χ1n) is 5.21. The van der Waals surface area contributed by atoms with E-state index >= 15 is 0 Å². The molecule has 17 heavy (non-hydrogen) atoms. The molecule has 0 heterocycles. The van der Waals surface area contributed by atoms with Crippen LogP contribution in [0, 0.1) is 11.3 Å². The van der Waals surface area contributed by atoms with Gasteiger partial charge in [-0.25, -0.2) is 0 Å². The average molecular weight is 236 g/mol. The van der Waals surface area contributed by atoms with E-state index in [1.165, 1.54) is 13.2 Å². The third kappa shape index (κ3) is 3.63. The lowest BCUT2D eigenvalue weighted by Crippen LogP contribution is -2.23. The summed E-state index contributed by atoms with van der Waals surface area (Å²) in [6.45, 7) is 1.10. The normalized spacial score (nSPS) is 11.8. The van der Waals surface area contributed by atoms with Crippen molar-refractivity contribution in [2.75, 3.05) is 27.4 Å². The number of nitriles is 1. The second-order valence-electron chi connectivity index (χ2n) is 3.44. The standard InChI is InChI=1S/C12H16N2O3/c1-16-6-5-14-10(8-13)9-3-4-12(17-2)11(15)7-9/h3-4,7,10,14-15H,5-6H2,1-2H3. The van der Waals surface area contributed by atoms with Gasteiger partial charge in [0, 0.05) is 13.7 Å². The highest BCUT2D eigenvalue weighted by Gasteiger charge is 2.12. The number of phenols is 1. The number of phenolic OH excluding ortho intramolecular Hbond substituents is 1. The number of nitrogens with zero attached hydrogens (tertiary/aromatic N) is 1. The van der Waals surface area contributed by atoms with E-state index in [4.69, 9.17) is 14.7 Å². The summed E-state index contributed by atoms with van der Waals surface area (Å²) in [5.74, 6) is 0.418. The van der Waals surface area contributed by atoms with Crippen molar-refractivity contribution in [1.82, 2.24) is 5.32 Å². The molecule has 0 saturated carbocycles. The molecule has 0 saturated heterocycles. The number of hydrogen-bond donors (Lipinski definition) is 2. The molecule has 5 heteroatoms. The lowest BCUT2D eigenvalue weighted by Gasteiger charge is -2.12. The SMILES string of the molecule is COCCNC(C#N)c1ccc(OC)c(O)c1. The summed E-state index contributed by atoms with van der Waals surface area (Å²) < 4.78 is 9.83. The van der Waals surface area contributed by atoms with Gasteiger partial charge in [0.1, 0.15) is 6.04 Å². The summed E-state index contributed by atoms with van der Waals surface area (Å²) in [5, 5.41) is 21.7. The molecule has 0 spiro atoms. The third-order valence-electron chi connectivity index (χ3n) is 2.32. The van der Waals surface area contributed by atoms with Crippen LogP contribution in [0.1, 0.15) is 11.6 Å². The monoisotopic (exact) mass is 236 g/mol. The predicted molar refractivity (Wildman–Crippen MR) is 62.9 cm³/mol. The van der Waals surface area contributed by atoms with Crippen molar-refractivity contribution in [1.29, 1.82) is 5.26 Å². The van der Waals surface area contributed by atoms with Gasteiger partial charge in [0.25, 0.3) is 0 Å². The van der Waals surface area contributed by atoms with E-state index < -0.39 is 6.04 Å². The van der Waals surface area contributed by atoms with E-state index in [9.17, 15) is 5.11 Å². The van der Waals surface area contributed by atoms with Gasteiger partial charge >= 0.3 is 0 Å². The molecule has 1 rings (SSSR count). The Balaban J connectivity index is 2.75. The molecule has 1 atom stereocenters. The van der Waals surface area contributed by atoms with E-state index in [2.05, 4.69) is 11.4 Å². The zero-order valence-electron chi connectivity index (χ0n) is 9.93. The van der Waals surface area contributed by atoms with Gasteiger partial charge in [0.15, 0.2) is 11.5 Å². The molecule has 5 nitrogen and oxygen atoms in total. The molecule has 0 aliphatic heterocycles. The highest BCUT2D eigenvalue weighted by molar-refractivity contribution is 5.43. The molecular formula is C12H16N2O3. The Morgan fingerprint density at radius 2 is 2.24 bits per heavy atom. The molecule has 1 aromatic rings. The second kappa shape index (κ2) is 6.74. The summed E-state index contributed by atoms with van der Waals surface area (Å²) >= 11 is 0. The van der Waals surface area contributed by atoms with Crippen LogP contribution in [0.15, 0.2) is 18.2 Å². The summed E-state index contributed by atoms with van der Waals surface area (Å²) in [5.41, 5.74) is 0.696. The Bertz CT molecular complexity index is 401. The Hall–Kier alpha value is -1.77. The van der Waals surface area contributed by atoms with Crippen LogP contribution in [0.3, 0.4) is 0 Å². The summed E-state index contributed by atoms with van der Waals surface area (Å²) in [4.78, 5) is 0. The van der Waals surface area contributed by atoms with Crippen molar-refractivity contribution in [2.24, 2.45) is 0 Å². The number of nitrogens with one attached hydrogen (secondary N) is 1. The van der Waals surface area contributed by atoms with Crippen LogP contribution < -0.4 is 10.1 Å². The molecular weight excluding hydrogens is 220 g/mol. The first-order chi connectivity index (χ1) is 8.22. The highest BCUT2D eigenvalue weighted by Crippen LogP contribution is 2.28. The summed E-state index contributed by atoms with van der Waals surface area (Å²) in [6, 6.07) is 6.55. The first kappa shape index (κ1) is 13.3. The van der Waals surface area contributed by atoms with Gasteiger partial charge in [-0.05, 0) is 17.7 Å². The van der Waals surface area contributed by atoms with Crippen LogP contribution in [0.2, 0.25) is 0 Å². The second-order valence-corrected chi connectivity index (χ2v) is 3.44. The van der Waals surface area contributed by atoms with E-state index in [1.807, 2.05) is 0 Å². The molecule has 0 amide bonds. The average Bonchev–Trinajstić information content (AvgIpc) is 2.35. The highest BCUT2D eigenvalue weighted by atomic mass is 16.5. The van der Waals surface area contributed by atoms with Crippen LogP contribution in [0.5, 0.6) is 11.5 Å². The molecule has 0 aliphatic rings. The van der Waals surface area contributed by atoms with E-state index in [0.29, 0.717) is 24.5 Å². The Labute approximate surface area is 101 Å². The van der Waals surface area contributed by atoms with Gasteiger partial charge in [-0.3, -0.25) is 5.32 Å². The van der Waals surface area contributed by atoms with Gasteiger partial charge in [0.05, 0.1) is 19.8 Å². The fourth-order valence-corrected chi connectivity index (χ4v) is 1.43. The lowest BCUT2D eigenvalue weighted by molar-refractivity contribution is 0.198. The largest absolute Gasteiger partial charge is 0.504 e. The number of rotatable bonds is 6. The molecule has 0 aliphatic carbocycles. The van der Waals surface area contributed by atoms with Crippen molar-refractivity contribution in [2.45, 2.75) is 6.04 Å². The Morgan fingerprint density at radius 3 is 2.76 bits per heavy atom. The molecule has 1 aromatic carbocycles. The zero-order chi connectivity index (χ0) is 12.7. The fourth-order valence-electron chi connectivity index (χ4n) is 1.43. The summed E-state index contributed by atoms with van der Waals surface area (Å²) in [7, 11) is 3.08. The molecule has 0 fully saturated rings. The summed E-state index contributed by atoms with van der Waals surface area (Å²) in [6.07, 6.45) is 0. The molecule has 0 bridgehead atoms. The maximum atomic E-state index is 9.62. The third-order valence-corrected chi connectivity index (χ3v) is 2.32. The fraction of sp³-hybridized carbons (Fsp3) is 0.417. The van der Waals surface area contributed by atoms with Gasteiger partial charge in [-0.1, -0.05) is 6.07 Å². The van der Waals surface area contributed by atoms with Crippen LogP contribution in [-0.2, 0) is 4.74 Å². The predicted octanol–water partition coefficient (Wildman–Crippen LogP) is 1.20. The van der Waals surface area contributed by atoms with Crippen molar-refractivity contribution in [3.8, 4) is 17.6 Å². The van der Waals surface area contributed by atoms with Gasteiger partial charge in [0.2, 0.25) is 0 Å². The molecule has 0 aromatic heterocycles. The van der Waals surface area contributed by atoms with E-state index in [-0.39, 0.29) is 5.75 Å². The lowest BCUT2D eigenvalue weighted by atomic mass is 10.1. The number of aromatic hydroxyl groups is 1. The van der Waals surface area contributed by atoms with E-state index in [1.54, 1.807) is 19.2 Å². The van der Waals surface area contributed by atoms with Crippen molar-refractivity contribution in [3.63, 3.8) is 0 Å². The molecule has 1 unspecified atom stereocenters. The number of hydrogen-bond acceptors (Lipinski definition) is 5. The Kier molecular flexibility index (Phi) is 5.27. The number of ether oxygens (including phenoxy) is 2. The number of benzene rings is 1. The van der Waals surface area contributed by atoms with Crippen LogP contribution in [0.25, 0.3) is 0 Å². The first-order valence-corrected chi connectivity index (χ1v) is 5.21. The minimum atomic E-state index is -0.470. The minimum absolute atomic E-state index is 0.0267. The van der Waals surface area contributed by atoms with Crippen LogP contribution in [0.4, 0.5) is 0 Å². The molecule has 0 radical (unpaired) electrons. The quantitative estimate of drug-likeness (QED) is 0.726. The maximum absolute atomic E-state index is 9.62. The maximum Gasteiger partial charge on any atom is 0.160 e. The van der Waals surface area contributed by atoms with Crippen molar-refractivity contribution < 1.29 is 14.6 Å². The minimum Gasteiger partial charge on any atom is -0.504 e. The molecule has 2 N–H and O–H groups in total. The smallest absolute Gasteiger partial charge is 0.160 e. The van der Waals surface area contributed by atoms with Gasteiger partial charge in [-0.15, -0.1) is 0 Å². The van der Waals surface area contributed by atoms with Crippen molar-refractivity contribution in [3.05, 3.63) is 23.8 Å². The van der Waals surface area contributed by atoms with Gasteiger partial charge in [-0.2, -0.15) is 5.26 Å². The number of methoxy groups -OCH3 is 2. The molecule has 92 valence electrons. The topological polar surface area (TPSA) is 74.5 Å². The van der Waals surface area contributed by atoms with E-state index in [0.717, 1.165) is 0 Å². The zero-order valence-corrected chi connectivity index (χ0v) is 9.93. The Morgan fingerprint density at radius 1 is 1.47 bits per heavy atom.